The molecular weight excluding hydrogens is 128 g/mol. The van der Waals surface area contributed by atoms with Gasteiger partial charge in [-0.2, -0.15) is 0 Å². The van der Waals surface area contributed by atoms with Crippen molar-refractivity contribution >= 4 is 36.4 Å². The number of thiazole rings is 1. The van der Waals surface area contributed by atoms with E-state index in [0.29, 0.717) is 4.47 Å². The van der Waals surface area contributed by atoms with Crippen LogP contribution in [0.4, 0.5) is 0 Å². The third-order valence-electron chi connectivity index (χ3n) is 0.591. The fraction of sp³-hybridized carbons (Fsp3) is 0. The Morgan fingerprint density at radius 1 is 1.86 bits per heavy atom. The Morgan fingerprint density at radius 3 is 2.71 bits per heavy atom. The molecule has 0 unspecified atom stereocenters. The van der Waals surface area contributed by atoms with Crippen molar-refractivity contribution in [1.29, 1.82) is 0 Å². The minimum Gasteiger partial charge on any atom is -0.241 e. The normalized spacial score (nSPS) is 9.29. The van der Waals surface area contributed by atoms with Gasteiger partial charge in [-0.15, -0.1) is 11.3 Å². The van der Waals surface area contributed by atoms with E-state index in [0.717, 1.165) is 5.59 Å². The summed E-state index contributed by atoms with van der Waals surface area (Å²) < 4.78 is 0.623. The third-order valence-corrected chi connectivity index (χ3v) is 1.69. The predicted molar refractivity (Wildman–Crippen MR) is 35.3 cm³/mol. The topological polar surface area (TPSA) is 12.9 Å². The van der Waals surface area contributed by atoms with Crippen LogP contribution in [-0.2, 0) is 0 Å². The molecule has 0 aliphatic heterocycles. The molecule has 1 nitrogen and oxygen atoms in total. The zero-order chi connectivity index (χ0) is 5.28. The van der Waals surface area contributed by atoms with Crippen LogP contribution in [0.3, 0.4) is 0 Å². The van der Waals surface area contributed by atoms with Crippen molar-refractivity contribution in [1.82, 2.24) is 4.98 Å². The first-order chi connectivity index (χ1) is 3.29. The van der Waals surface area contributed by atoms with Crippen LogP contribution in [0.25, 0.3) is 0 Å². The Balaban J connectivity index is 3.04. The molecule has 0 aromatic carbocycles. The van der Waals surface area contributed by atoms with E-state index in [1.807, 2.05) is 13.2 Å². The van der Waals surface area contributed by atoms with Gasteiger partial charge in [0.1, 0.15) is 0 Å². The summed E-state index contributed by atoms with van der Waals surface area (Å²) in [5, 5.41) is 1.92. The summed E-state index contributed by atoms with van der Waals surface area (Å²) in [6, 6.07) is 0. The molecule has 0 radical (unpaired) electrons. The fourth-order valence-electron chi connectivity index (χ4n) is 0.325. The summed E-state index contributed by atoms with van der Waals surface area (Å²) in [6.45, 7) is 0. The Morgan fingerprint density at radius 2 is 2.57 bits per heavy atom. The smallest absolute Gasteiger partial charge is 0.182 e. The second kappa shape index (κ2) is 1.84. The molecule has 0 saturated heterocycles. The summed E-state index contributed by atoms with van der Waals surface area (Å²) in [6.07, 6.45) is 0. The molecule has 7 heavy (non-hydrogen) atoms. The SMILES string of the molecule is Bc1csc(Cl)n1. The van der Waals surface area contributed by atoms with Crippen molar-refractivity contribution in [3.63, 3.8) is 0 Å². The number of hydrogen-bond donors (Lipinski definition) is 0. The van der Waals surface area contributed by atoms with Crippen LogP contribution >= 0.6 is 22.9 Å². The van der Waals surface area contributed by atoms with Gasteiger partial charge in [0.25, 0.3) is 0 Å². The van der Waals surface area contributed by atoms with Crippen LogP contribution in [-0.4, -0.2) is 12.8 Å². The molecule has 0 amide bonds. The van der Waals surface area contributed by atoms with E-state index in [2.05, 4.69) is 4.98 Å². The van der Waals surface area contributed by atoms with Crippen LogP contribution in [0, 0.1) is 0 Å². The first-order valence-corrected chi connectivity index (χ1v) is 3.12. The lowest BCUT2D eigenvalue weighted by Gasteiger charge is -1.68. The molecule has 1 heterocycles. The Labute approximate surface area is 51.7 Å². The van der Waals surface area contributed by atoms with E-state index in [9.17, 15) is 0 Å². The van der Waals surface area contributed by atoms with Crippen LogP contribution in [0.5, 0.6) is 0 Å². The van der Waals surface area contributed by atoms with Crippen LogP contribution in [0.15, 0.2) is 5.38 Å². The van der Waals surface area contributed by atoms with Gasteiger partial charge in [-0.1, -0.05) is 11.6 Å². The standard InChI is InChI=1S/C3H3BClNS/c4-2-1-7-3(5)6-2/h1H,4H2. The molecule has 1 aromatic rings. The van der Waals surface area contributed by atoms with Gasteiger partial charge in [0.05, 0.1) is 0 Å². The highest BCUT2D eigenvalue weighted by atomic mass is 35.5. The lowest BCUT2D eigenvalue weighted by atomic mass is 10.1. The zero-order valence-electron chi connectivity index (χ0n) is 3.81. The summed E-state index contributed by atoms with van der Waals surface area (Å²) in [7, 11) is 1.92. The molecule has 0 saturated carbocycles. The van der Waals surface area contributed by atoms with Crippen molar-refractivity contribution in [2.45, 2.75) is 0 Å². The van der Waals surface area contributed by atoms with E-state index in [-0.39, 0.29) is 0 Å². The summed E-state index contributed by atoms with van der Waals surface area (Å²) in [5.41, 5.74) is 0.995. The maximum atomic E-state index is 5.47. The molecule has 0 spiro atoms. The lowest BCUT2D eigenvalue weighted by Crippen LogP contribution is -1.99. The monoisotopic (exact) mass is 131 g/mol. The van der Waals surface area contributed by atoms with E-state index >= 15 is 0 Å². The largest absolute Gasteiger partial charge is 0.241 e. The van der Waals surface area contributed by atoms with Gasteiger partial charge in [-0.3, -0.25) is 0 Å². The number of halogens is 1. The maximum absolute atomic E-state index is 5.47. The lowest BCUT2D eigenvalue weighted by molar-refractivity contribution is 1.49. The molecule has 36 valence electrons. The summed E-state index contributed by atoms with van der Waals surface area (Å²) >= 11 is 6.93. The molecule has 0 N–H and O–H groups in total. The maximum Gasteiger partial charge on any atom is 0.182 e. The Kier molecular flexibility index (Phi) is 1.35. The average molecular weight is 131 g/mol. The molecule has 0 bridgehead atoms. The number of nitrogens with zero attached hydrogens (tertiary/aromatic N) is 1. The quantitative estimate of drug-likeness (QED) is 0.454. The highest BCUT2D eigenvalue weighted by molar-refractivity contribution is 7.14. The van der Waals surface area contributed by atoms with Gasteiger partial charge in [0.15, 0.2) is 12.3 Å². The average Bonchev–Trinajstić information content (AvgIpc) is 1.87. The summed E-state index contributed by atoms with van der Waals surface area (Å²) in [5.74, 6) is 0. The van der Waals surface area contributed by atoms with Gasteiger partial charge >= 0.3 is 0 Å². The van der Waals surface area contributed by atoms with Crippen molar-refractivity contribution in [2.24, 2.45) is 0 Å². The highest BCUT2D eigenvalue weighted by Crippen LogP contribution is 2.07. The molecule has 0 aliphatic rings. The second-order valence-electron chi connectivity index (χ2n) is 1.24. The van der Waals surface area contributed by atoms with Gasteiger partial charge in [-0.25, -0.2) is 4.98 Å². The Hall–Kier alpha value is -0.0151. The minimum absolute atomic E-state index is 0.623. The number of hydrogen-bond acceptors (Lipinski definition) is 2. The van der Waals surface area contributed by atoms with Crippen molar-refractivity contribution in [2.75, 3.05) is 0 Å². The molecule has 1 aromatic heterocycles. The van der Waals surface area contributed by atoms with Gasteiger partial charge < -0.3 is 0 Å². The van der Waals surface area contributed by atoms with Crippen molar-refractivity contribution < 1.29 is 0 Å². The van der Waals surface area contributed by atoms with Crippen molar-refractivity contribution in [3.05, 3.63) is 9.85 Å². The Bertz CT molecular complexity index is 147. The minimum atomic E-state index is 0.623. The number of aromatic nitrogens is 1. The predicted octanol–water partition coefficient (Wildman–Crippen LogP) is 0.0549. The molecular formula is C3H3BClNS. The first kappa shape index (κ1) is 5.13. The first-order valence-electron chi connectivity index (χ1n) is 1.86. The van der Waals surface area contributed by atoms with Crippen molar-refractivity contribution in [3.8, 4) is 0 Å². The van der Waals surface area contributed by atoms with E-state index < -0.39 is 0 Å². The van der Waals surface area contributed by atoms with Crippen LogP contribution in [0.1, 0.15) is 0 Å². The molecule has 0 fully saturated rings. The number of rotatable bonds is 0. The van der Waals surface area contributed by atoms with Gasteiger partial charge in [0.2, 0.25) is 0 Å². The molecule has 4 heteroatoms. The fourth-order valence-corrected chi connectivity index (χ4v) is 1.11. The van der Waals surface area contributed by atoms with E-state index in [1.165, 1.54) is 11.3 Å². The second-order valence-corrected chi connectivity index (χ2v) is 2.68. The van der Waals surface area contributed by atoms with Gasteiger partial charge in [-0.05, 0) is 0 Å². The highest BCUT2D eigenvalue weighted by Gasteiger charge is 1.88. The summed E-state index contributed by atoms with van der Waals surface area (Å²) in [4.78, 5) is 3.90. The van der Waals surface area contributed by atoms with Gasteiger partial charge in [0, 0.05) is 11.0 Å². The third kappa shape index (κ3) is 1.18. The van der Waals surface area contributed by atoms with Crippen LogP contribution < -0.4 is 5.59 Å². The molecule has 0 atom stereocenters. The molecule has 1 rings (SSSR count). The zero-order valence-corrected chi connectivity index (χ0v) is 5.38. The van der Waals surface area contributed by atoms with E-state index in [1.54, 1.807) is 0 Å². The van der Waals surface area contributed by atoms with Crippen LogP contribution in [0.2, 0.25) is 4.47 Å². The molecule has 0 aliphatic carbocycles. The van der Waals surface area contributed by atoms with E-state index in [4.69, 9.17) is 11.6 Å².